The van der Waals surface area contributed by atoms with E-state index >= 15 is 0 Å². The van der Waals surface area contributed by atoms with Gasteiger partial charge in [0, 0.05) is 21.5 Å². The first-order chi connectivity index (χ1) is 16.9. The summed E-state index contributed by atoms with van der Waals surface area (Å²) in [4.78, 5) is 0. The molecule has 0 unspecified atom stereocenters. The van der Waals surface area contributed by atoms with Gasteiger partial charge in [0.25, 0.3) is 0 Å². The monoisotopic (exact) mass is 433 g/mol. The Balaban J connectivity index is 1.57. The first-order valence-corrected chi connectivity index (χ1v) is 11.6. The number of aromatic nitrogens is 1. The molecule has 2 heterocycles. The van der Waals surface area contributed by atoms with Crippen LogP contribution >= 0.6 is 0 Å². The highest BCUT2D eigenvalue weighted by Crippen LogP contribution is 2.40. The average molecular weight is 434 g/mol. The maximum absolute atomic E-state index is 6.58. The Labute approximate surface area is 195 Å². The van der Waals surface area contributed by atoms with E-state index in [4.69, 9.17) is 4.42 Å². The molecule has 0 atom stereocenters. The highest BCUT2D eigenvalue weighted by atomic mass is 16.3. The molecule has 0 N–H and O–H groups in total. The van der Waals surface area contributed by atoms with Crippen LogP contribution in [-0.4, -0.2) is 4.57 Å². The zero-order valence-electron chi connectivity index (χ0n) is 18.3. The lowest BCUT2D eigenvalue weighted by Gasteiger charge is -2.09. The van der Waals surface area contributed by atoms with Crippen LogP contribution in [0.25, 0.3) is 71.0 Å². The Bertz CT molecular complexity index is 2070. The van der Waals surface area contributed by atoms with Gasteiger partial charge in [-0.3, -0.25) is 0 Å². The number of furan rings is 1. The molecule has 0 aliphatic heterocycles. The van der Waals surface area contributed by atoms with E-state index in [0.29, 0.717) is 0 Å². The molecule has 158 valence electrons. The summed E-state index contributed by atoms with van der Waals surface area (Å²) < 4.78 is 8.95. The second-order valence-electron chi connectivity index (χ2n) is 8.98. The third kappa shape index (κ3) is 2.29. The fraction of sp³-hybridized carbons (Fsp3) is 0. The van der Waals surface area contributed by atoms with Gasteiger partial charge in [-0.05, 0) is 51.9 Å². The Morgan fingerprint density at radius 2 is 1.18 bits per heavy atom. The predicted molar refractivity (Wildman–Crippen MR) is 143 cm³/mol. The molecule has 2 heteroatoms. The first-order valence-electron chi connectivity index (χ1n) is 11.6. The van der Waals surface area contributed by atoms with Crippen molar-refractivity contribution in [1.29, 1.82) is 0 Å². The zero-order valence-corrected chi connectivity index (χ0v) is 18.3. The van der Waals surface area contributed by atoms with Crippen molar-refractivity contribution in [3.05, 3.63) is 115 Å². The smallest absolute Gasteiger partial charge is 0.159 e. The summed E-state index contributed by atoms with van der Waals surface area (Å²) in [5.74, 6) is 0. The van der Waals surface area contributed by atoms with Crippen LogP contribution in [0.15, 0.2) is 120 Å². The number of benzene rings is 6. The maximum Gasteiger partial charge on any atom is 0.159 e. The molecule has 2 nitrogen and oxygen atoms in total. The maximum atomic E-state index is 6.58. The molecule has 0 radical (unpaired) electrons. The lowest BCUT2D eigenvalue weighted by molar-refractivity contribution is 0.666. The molecule has 8 aromatic rings. The Hall–Kier alpha value is -4.56. The van der Waals surface area contributed by atoms with E-state index in [1.807, 2.05) is 0 Å². The number of nitrogens with zero attached hydrogens (tertiary/aromatic N) is 1. The Morgan fingerprint density at radius 1 is 0.471 bits per heavy atom. The van der Waals surface area contributed by atoms with E-state index in [9.17, 15) is 0 Å². The Kier molecular flexibility index (Phi) is 3.42. The molecule has 34 heavy (non-hydrogen) atoms. The molecule has 0 fully saturated rings. The third-order valence-corrected chi connectivity index (χ3v) is 7.15. The van der Waals surface area contributed by atoms with Gasteiger partial charge >= 0.3 is 0 Å². The Morgan fingerprint density at radius 3 is 2.06 bits per heavy atom. The van der Waals surface area contributed by atoms with E-state index in [-0.39, 0.29) is 0 Å². The SMILES string of the molecule is c1ccc2cc3c(cc2c1)c1ccccc1n3-c1cccc2c1oc1ccc3ccccc3c12. The van der Waals surface area contributed by atoms with Crippen LogP contribution in [0, 0.1) is 0 Å². The number of rotatable bonds is 1. The van der Waals surface area contributed by atoms with Crippen molar-refractivity contribution in [1.82, 2.24) is 4.57 Å². The summed E-state index contributed by atoms with van der Waals surface area (Å²) in [5.41, 5.74) is 5.29. The highest BCUT2D eigenvalue weighted by Gasteiger charge is 2.18. The molecule has 0 saturated carbocycles. The lowest BCUT2D eigenvalue weighted by Crippen LogP contribution is -1.94. The fourth-order valence-corrected chi connectivity index (χ4v) is 5.64. The zero-order chi connectivity index (χ0) is 22.2. The van der Waals surface area contributed by atoms with Gasteiger partial charge in [-0.2, -0.15) is 0 Å². The molecule has 0 aliphatic carbocycles. The van der Waals surface area contributed by atoms with Gasteiger partial charge in [0.05, 0.1) is 16.7 Å². The molecule has 2 aromatic heterocycles. The van der Waals surface area contributed by atoms with Crippen LogP contribution in [0.1, 0.15) is 0 Å². The van der Waals surface area contributed by atoms with E-state index < -0.39 is 0 Å². The van der Waals surface area contributed by atoms with Crippen LogP contribution in [0.4, 0.5) is 0 Å². The third-order valence-electron chi connectivity index (χ3n) is 7.15. The minimum absolute atomic E-state index is 0.921. The van der Waals surface area contributed by atoms with Crippen LogP contribution in [-0.2, 0) is 0 Å². The van der Waals surface area contributed by atoms with Crippen molar-refractivity contribution in [3.63, 3.8) is 0 Å². The standard InChI is InChI=1S/C32H19NO/c1-2-10-22-19-29-26(18-21(22)9-1)24-12-5-6-14-27(24)33(29)28-15-7-13-25-31-23-11-4-3-8-20(23)16-17-30(31)34-32(25)28/h1-19H. The molecular weight excluding hydrogens is 414 g/mol. The van der Waals surface area contributed by atoms with Crippen molar-refractivity contribution >= 4 is 65.3 Å². The normalized spacial score (nSPS) is 12.1. The quantitative estimate of drug-likeness (QED) is 0.253. The molecule has 0 spiro atoms. The lowest BCUT2D eigenvalue weighted by atomic mass is 10.0. The van der Waals surface area contributed by atoms with Crippen molar-refractivity contribution in [2.75, 3.05) is 0 Å². The van der Waals surface area contributed by atoms with Gasteiger partial charge < -0.3 is 8.98 Å². The summed E-state index contributed by atoms with van der Waals surface area (Å²) in [5, 5.41) is 9.79. The first kappa shape index (κ1) is 17.9. The van der Waals surface area contributed by atoms with Gasteiger partial charge in [-0.1, -0.05) is 84.9 Å². The van der Waals surface area contributed by atoms with Crippen LogP contribution in [0.5, 0.6) is 0 Å². The largest absolute Gasteiger partial charge is 0.454 e. The van der Waals surface area contributed by atoms with Gasteiger partial charge in [0.1, 0.15) is 5.58 Å². The van der Waals surface area contributed by atoms with Gasteiger partial charge in [0.2, 0.25) is 0 Å². The summed E-state index contributed by atoms with van der Waals surface area (Å²) in [6.45, 7) is 0. The molecular formula is C32H19NO. The van der Waals surface area contributed by atoms with Crippen molar-refractivity contribution in [3.8, 4) is 5.69 Å². The van der Waals surface area contributed by atoms with Crippen LogP contribution in [0.2, 0.25) is 0 Å². The second kappa shape index (κ2) is 6.49. The minimum atomic E-state index is 0.921. The molecule has 6 aromatic carbocycles. The molecule has 0 amide bonds. The molecule has 0 aliphatic rings. The summed E-state index contributed by atoms with van der Waals surface area (Å²) in [7, 11) is 0. The summed E-state index contributed by atoms with van der Waals surface area (Å²) in [6, 6.07) is 41.1. The number of para-hydroxylation sites is 2. The summed E-state index contributed by atoms with van der Waals surface area (Å²) in [6.07, 6.45) is 0. The van der Waals surface area contributed by atoms with E-state index in [0.717, 1.165) is 22.2 Å². The molecule has 8 rings (SSSR count). The second-order valence-corrected chi connectivity index (χ2v) is 8.98. The van der Waals surface area contributed by atoms with Crippen molar-refractivity contribution < 1.29 is 4.42 Å². The van der Waals surface area contributed by atoms with E-state index in [1.54, 1.807) is 0 Å². The van der Waals surface area contributed by atoms with Crippen molar-refractivity contribution in [2.45, 2.75) is 0 Å². The molecule has 0 bridgehead atoms. The van der Waals surface area contributed by atoms with Crippen LogP contribution < -0.4 is 0 Å². The van der Waals surface area contributed by atoms with Gasteiger partial charge in [0.15, 0.2) is 5.58 Å². The van der Waals surface area contributed by atoms with E-state index in [2.05, 4.69) is 120 Å². The average Bonchev–Trinajstić information content (AvgIpc) is 3.43. The van der Waals surface area contributed by atoms with Gasteiger partial charge in [-0.25, -0.2) is 0 Å². The number of fused-ring (bicyclic) bond motifs is 9. The van der Waals surface area contributed by atoms with Crippen LogP contribution in [0.3, 0.4) is 0 Å². The molecule has 0 saturated heterocycles. The minimum Gasteiger partial charge on any atom is -0.454 e. The number of hydrogen-bond donors (Lipinski definition) is 0. The highest BCUT2D eigenvalue weighted by molar-refractivity contribution is 6.21. The number of hydrogen-bond acceptors (Lipinski definition) is 1. The van der Waals surface area contributed by atoms with Gasteiger partial charge in [-0.15, -0.1) is 0 Å². The summed E-state index contributed by atoms with van der Waals surface area (Å²) >= 11 is 0. The fourth-order valence-electron chi connectivity index (χ4n) is 5.64. The van der Waals surface area contributed by atoms with Crippen molar-refractivity contribution in [2.24, 2.45) is 0 Å². The predicted octanol–water partition coefficient (Wildman–Crippen LogP) is 8.99. The van der Waals surface area contributed by atoms with E-state index in [1.165, 1.54) is 48.7 Å². The topological polar surface area (TPSA) is 18.1 Å².